The Hall–Kier alpha value is -8.14. The van der Waals surface area contributed by atoms with E-state index in [-0.39, 0.29) is 5.41 Å². The van der Waals surface area contributed by atoms with Crippen LogP contribution < -0.4 is 4.90 Å². The van der Waals surface area contributed by atoms with E-state index in [0.717, 1.165) is 56.3 Å². The van der Waals surface area contributed by atoms with E-state index in [1.165, 1.54) is 44.5 Å². The predicted molar refractivity (Wildman–Crippen MR) is 267 cm³/mol. The molecule has 1 aliphatic carbocycles. The Morgan fingerprint density at radius 1 is 0.297 bits per heavy atom. The number of hydrogen-bond donors (Lipinski definition) is 0. The molecule has 0 unspecified atom stereocenters. The fourth-order valence-electron chi connectivity index (χ4n) is 9.27. The van der Waals surface area contributed by atoms with Gasteiger partial charge in [0.2, 0.25) is 0 Å². The Morgan fingerprint density at radius 2 is 0.656 bits per heavy atom. The van der Waals surface area contributed by atoms with E-state index in [9.17, 15) is 0 Å². The van der Waals surface area contributed by atoms with Crippen LogP contribution in [0.3, 0.4) is 0 Å². The summed E-state index contributed by atoms with van der Waals surface area (Å²) in [4.78, 5) is 12.7. The molecule has 0 bridgehead atoms. The first-order chi connectivity index (χ1) is 31.5. The minimum Gasteiger partial charge on any atom is -0.311 e. The van der Waals surface area contributed by atoms with Crippen molar-refractivity contribution in [1.82, 2.24) is 9.97 Å². The summed E-state index contributed by atoms with van der Waals surface area (Å²) in [5.41, 5.74) is 20.4. The van der Waals surface area contributed by atoms with Gasteiger partial charge in [-0.3, -0.25) is 0 Å². The Balaban J connectivity index is 0.914. The van der Waals surface area contributed by atoms with E-state index in [1.54, 1.807) is 0 Å². The van der Waals surface area contributed by atoms with Gasteiger partial charge in [-0.05, 0) is 104 Å². The van der Waals surface area contributed by atoms with E-state index >= 15 is 0 Å². The molecule has 0 saturated heterocycles. The molecule has 11 rings (SSSR count). The van der Waals surface area contributed by atoms with Crippen LogP contribution in [0.1, 0.15) is 25.0 Å². The van der Waals surface area contributed by atoms with Gasteiger partial charge in [0, 0.05) is 39.2 Å². The molecule has 1 aromatic heterocycles. The number of fused-ring (bicyclic) bond motifs is 3. The van der Waals surface area contributed by atoms with Crippen LogP contribution in [0.25, 0.3) is 78.4 Å². The van der Waals surface area contributed by atoms with E-state index in [1.807, 2.05) is 6.07 Å². The third-order valence-corrected chi connectivity index (χ3v) is 12.7. The van der Waals surface area contributed by atoms with Crippen LogP contribution in [-0.2, 0) is 5.41 Å². The molecule has 1 heterocycles. The van der Waals surface area contributed by atoms with Gasteiger partial charge in [-0.2, -0.15) is 0 Å². The molecule has 0 radical (unpaired) electrons. The third-order valence-electron chi connectivity index (χ3n) is 12.7. The minimum atomic E-state index is -0.103. The second kappa shape index (κ2) is 16.3. The van der Waals surface area contributed by atoms with Crippen molar-refractivity contribution in [1.29, 1.82) is 0 Å². The van der Waals surface area contributed by atoms with Gasteiger partial charge in [0.15, 0.2) is 5.82 Å². The molecule has 10 aromatic rings. The maximum absolute atomic E-state index is 5.24. The summed E-state index contributed by atoms with van der Waals surface area (Å²) in [6.45, 7) is 4.64. The van der Waals surface area contributed by atoms with Crippen LogP contribution in [0.2, 0.25) is 0 Å². The van der Waals surface area contributed by atoms with Gasteiger partial charge < -0.3 is 4.90 Å². The summed E-state index contributed by atoms with van der Waals surface area (Å²) in [5, 5.41) is 0. The lowest BCUT2D eigenvalue weighted by molar-refractivity contribution is 0.660. The van der Waals surface area contributed by atoms with Crippen LogP contribution in [-0.4, -0.2) is 9.97 Å². The van der Waals surface area contributed by atoms with Gasteiger partial charge in [-0.15, -0.1) is 0 Å². The molecule has 9 aromatic carbocycles. The second-order valence-electron chi connectivity index (χ2n) is 17.0. The molecule has 0 saturated carbocycles. The summed E-state index contributed by atoms with van der Waals surface area (Å²) in [6, 6.07) is 84.4. The normalized spacial score (nSPS) is 12.3. The molecule has 0 fully saturated rings. The number of aromatic nitrogens is 2. The average molecular weight is 820 g/mol. The number of anilines is 3. The van der Waals surface area contributed by atoms with Crippen molar-refractivity contribution in [2.24, 2.45) is 0 Å². The zero-order chi connectivity index (χ0) is 43.0. The maximum Gasteiger partial charge on any atom is 0.160 e. The fraction of sp³-hybridized carbons (Fsp3) is 0.0492. The van der Waals surface area contributed by atoms with Gasteiger partial charge in [-0.1, -0.05) is 202 Å². The molecule has 0 amide bonds. The number of rotatable bonds is 9. The lowest BCUT2D eigenvalue weighted by atomic mass is 9.82. The highest BCUT2D eigenvalue weighted by molar-refractivity contribution is 5.85. The Labute approximate surface area is 375 Å². The first-order valence-corrected chi connectivity index (χ1v) is 22.0. The molecule has 64 heavy (non-hydrogen) atoms. The number of hydrogen-bond acceptors (Lipinski definition) is 3. The molecular formula is C61H45N3. The van der Waals surface area contributed by atoms with E-state index in [0.29, 0.717) is 5.82 Å². The second-order valence-corrected chi connectivity index (χ2v) is 17.0. The van der Waals surface area contributed by atoms with Crippen molar-refractivity contribution in [3.63, 3.8) is 0 Å². The highest BCUT2D eigenvalue weighted by atomic mass is 15.1. The van der Waals surface area contributed by atoms with Gasteiger partial charge in [0.25, 0.3) is 0 Å². The highest BCUT2D eigenvalue weighted by Gasteiger charge is 2.35. The van der Waals surface area contributed by atoms with E-state index in [4.69, 9.17) is 9.97 Å². The number of benzene rings is 9. The molecule has 0 N–H and O–H groups in total. The van der Waals surface area contributed by atoms with Crippen LogP contribution in [0.4, 0.5) is 17.1 Å². The Bertz CT molecular complexity index is 3150. The minimum absolute atomic E-state index is 0.103. The standard InChI is InChI=1S/C61H45N3/c1-61(2)56-21-13-12-20-54(56)55-39-32-50(40-57(55)61)59-41-58(48-18-10-5-11-19-48)62-60(63-59)49-24-22-44(23-25-49)47-30-37-53(38-31-47)64(51-33-26-45(27-34-51)42-14-6-3-7-15-42)52-35-28-46(29-36-52)43-16-8-4-9-17-43/h3-41H,1-2H3. The van der Waals surface area contributed by atoms with Crippen molar-refractivity contribution in [3.8, 4) is 78.4 Å². The van der Waals surface area contributed by atoms with E-state index < -0.39 is 0 Å². The van der Waals surface area contributed by atoms with E-state index in [2.05, 4.69) is 249 Å². The summed E-state index contributed by atoms with van der Waals surface area (Å²) in [5.74, 6) is 0.702. The first kappa shape index (κ1) is 38.8. The lowest BCUT2D eigenvalue weighted by Gasteiger charge is -2.26. The average Bonchev–Trinajstić information content (AvgIpc) is 3.60. The van der Waals surface area contributed by atoms with Crippen LogP contribution >= 0.6 is 0 Å². The predicted octanol–water partition coefficient (Wildman–Crippen LogP) is 16.3. The van der Waals surface area contributed by atoms with Crippen molar-refractivity contribution in [2.75, 3.05) is 4.90 Å². The molecular weight excluding hydrogens is 775 g/mol. The summed E-state index contributed by atoms with van der Waals surface area (Å²) >= 11 is 0. The zero-order valence-electron chi connectivity index (χ0n) is 35.9. The SMILES string of the molecule is CC1(C)c2ccccc2-c2ccc(-c3cc(-c4ccccc4)nc(-c4ccc(-c5ccc(N(c6ccc(-c7ccccc7)cc6)c6ccc(-c7ccccc7)cc6)cc5)cc4)n3)cc21. The maximum atomic E-state index is 5.24. The van der Waals surface area contributed by atoms with Crippen molar-refractivity contribution < 1.29 is 0 Å². The summed E-state index contributed by atoms with van der Waals surface area (Å²) < 4.78 is 0. The third kappa shape index (κ3) is 7.27. The molecule has 304 valence electrons. The van der Waals surface area contributed by atoms with Gasteiger partial charge in [0.05, 0.1) is 11.4 Å². The van der Waals surface area contributed by atoms with Gasteiger partial charge in [0.1, 0.15) is 0 Å². The highest BCUT2D eigenvalue weighted by Crippen LogP contribution is 2.49. The smallest absolute Gasteiger partial charge is 0.160 e. The van der Waals surface area contributed by atoms with Gasteiger partial charge >= 0.3 is 0 Å². The topological polar surface area (TPSA) is 29.0 Å². The van der Waals surface area contributed by atoms with Crippen LogP contribution in [0, 0.1) is 0 Å². The molecule has 1 aliphatic rings. The monoisotopic (exact) mass is 819 g/mol. The fourth-order valence-corrected chi connectivity index (χ4v) is 9.27. The largest absolute Gasteiger partial charge is 0.311 e. The quantitative estimate of drug-likeness (QED) is 0.145. The van der Waals surface area contributed by atoms with Crippen LogP contribution in [0.15, 0.2) is 237 Å². The summed E-state index contributed by atoms with van der Waals surface area (Å²) in [6.07, 6.45) is 0. The zero-order valence-corrected chi connectivity index (χ0v) is 35.9. The van der Waals surface area contributed by atoms with Crippen LogP contribution in [0.5, 0.6) is 0 Å². The number of nitrogens with zero attached hydrogens (tertiary/aromatic N) is 3. The first-order valence-electron chi connectivity index (χ1n) is 22.0. The molecule has 0 aliphatic heterocycles. The molecule has 3 heteroatoms. The Morgan fingerprint density at radius 3 is 1.16 bits per heavy atom. The van der Waals surface area contributed by atoms with Crippen molar-refractivity contribution >= 4 is 17.1 Å². The van der Waals surface area contributed by atoms with Gasteiger partial charge in [-0.25, -0.2) is 9.97 Å². The molecule has 3 nitrogen and oxygen atoms in total. The molecule has 0 atom stereocenters. The van der Waals surface area contributed by atoms with Crippen molar-refractivity contribution in [2.45, 2.75) is 19.3 Å². The molecule has 0 spiro atoms. The van der Waals surface area contributed by atoms with Crippen molar-refractivity contribution in [3.05, 3.63) is 248 Å². The lowest BCUT2D eigenvalue weighted by Crippen LogP contribution is -2.14. The Kier molecular flexibility index (Phi) is 9.86. The summed E-state index contributed by atoms with van der Waals surface area (Å²) in [7, 11) is 0.